The van der Waals surface area contributed by atoms with Crippen LogP contribution in [0.25, 0.3) is 6.08 Å². The van der Waals surface area contributed by atoms with E-state index in [0.29, 0.717) is 42.5 Å². The second-order valence-electron chi connectivity index (χ2n) is 6.95. The fourth-order valence-electron chi connectivity index (χ4n) is 3.51. The first-order valence-electron chi connectivity index (χ1n) is 9.37. The highest BCUT2D eigenvalue weighted by Crippen LogP contribution is 2.35. The number of nitrogens with zero attached hydrogens (tertiary/aromatic N) is 2. The van der Waals surface area contributed by atoms with Gasteiger partial charge in [-0.25, -0.2) is 9.97 Å². The summed E-state index contributed by atoms with van der Waals surface area (Å²) in [6.45, 7) is 9.89. The van der Waals surface area contributed by atoms with Crippen molar-refractivity contribution in [2.24, 2.45) is 0 Å². The number of hydrogen-bond donors (Lipinski definition) is 1. The molecular formula is C21H24F3N3O2. The Bertz CT molecular complexity index is 893. The van der Waals surface area contributed by atoms with Gasteiger partial charge in [0.15, 0.2) is 6.29 Å². The number of hydrogen-bond acceptors (Lipinski definition) is 5. The van der Waals surface area contributed by atoms with E-state index in [4.69, 9.17) is 9.47 Å². The Morgan fingerprint density at radius 3 is 2.55 bits per heavy atom. The highest BCUT2D eigenvalue weighted by Gasteiger charge is 2.33. The van der Waals surface area contributed by atoms with Crippen molar-refractivity contribution in [1.29, 1.82) is 0 Å². The summed E-state index contributed by atoms with van der Waals surface area (Å²) in [5, 5.41) is 3.26. The van der Waals surface area contributed by atoms with Crippen LogP contribution in [-0.2, 0) is 22.1 Å². The van der Waals surface area contributed by atoms with Gasteiger partial charge < -0.3 is 14.8 Å². The number of aromatic nitrogens is 2. The number of aryl methyl sites for hydroxylation is 1. The highest BCUT2D eigenvalue weighted by molar-refractivity contribution is 5.58. The van der Waals surface area contributed by atoms with Crippen LogP contribution in [0.15, 0.2) is 24.8 Å². The summed E-state index contributed by atoms with van der Waals surface area (Å²) in [5.41, 5.74) is 1.51. The Morgan fingerprint density at radius 2 is 1.93 bits per heavy atom. The number of halogens is 3. The van der Waals surface area contributed by atoms with Crippen LogP contribution >= 0.6 is 0 Å². The molecular weight excluding hydrogens is 383 g/mol. The lowest BCUT2D eigenvalue weighted by atomic mass is 9.97. The molecule has 1 N–H and O–H groups in total. The largest absolute Gasteiger partial charge is 0.416 e. The van der Waals surface area contributed by atoms with E-state index in [1.807, 2.05) is 0 Å². The third kappa shape index (κ3) is 4.76. The zero-order chi connectivity index (χ0) is 21.2. The van der Waals surface area contributed by atoms with Crippen molar-refractivity contribution < 1.29 is 22.6 Å². The number of ether oxygens (including phenoxy) is 2. The van der Waals surface area contributed by atoms with Crippen molar-refractivity contribution in [3.05, 3.63) is 58.6 Å². The van der Waals surface area contributed by atoms with Crippen LogP contribution in [0.2, 0.25) is 0 Å². The molecule has 1 aromatic carbocycles. The van der Waals surface area contributed by atoms with Gasteiger partial charge in [-0.05, 0) is 44.0 Å². The van der Waals surface area contributed by atoms with Crippen LogP contribution < -0.4 is 5.32 Å². The van der Waals surface area contributed by atoms with E-state index >= 15 is 0 Å². The molecule has 8 heteroatoms. The molecule has 1 saturated heterocycles. The van der Waals surface area contributed by atoms with Gasteiger partial charge in [0, 0.05) is 12.0 Å². The summed E-state index contributed by atoms with van der Waals surface area (Å²) in [7, 11) is 0. The number of alkyl halides is 3. The van der Waals surface area contributed by atoms with E-state index in [1.54, 1.807) is 26.0 Å². The lowest BCUT2D eigenvalue weighted by Gasteiger charge is -2.23. The Morgan fingerprint density at radius 1 is 1.24 bits per heavy atom. The maximum atomic E-state index is 13.3. The fraction of sp³-hybridized carbons (Fsp3) is 0.429. The maximum absolute atomic E-state index is 13.3. The summed E-state index contributed by atoms with van der Waals surface area (Å²) in [6, 6.07) is 3.79. The van der Waals surface area contributed by atoms with Crippen molar-refractivity contribution in [2.45, 2.75) is 45.7 Å². The molecule has 0 bridgehead atoms. The second-order valence-corrected chi connectivity index (χ2v) is 6.95. The van der Waals surface area contributed by atoms with Crippen LogP contribution in [0.1, 0.15) is 46.7 Å². The summed E-state index contributed by atoms with van der Waals surface area (Å²) in [4.78, 5) is 8.90. The van der Waals surface area contributed by atoms with E-state index in [1.165, 1.54) is 13.0 Å². The number of nitrogens with one attached hydrogen (secondary N) is 1. The lowest BCUT2D eigenvalue weighted by molar-refractivity contribution is -0.138. The summed E-state index contributed by atoms with van der Waals surface area (Å²) >= 11 is 0. The maximum Gasteiger partial charge on any atom is 0.416 e. The summed E-state index contributed by atoms with van der Waals surface area (Å²) in [5.74, 6) is 1.07. The van der Waals surface area contributed by atoms with Gasteiger partial charge in [0.25, 0.3) is 0 Å². The Balaban J connectivity index is 1.95. The SMILES string of the molecule is C=Cc1nc(C)nc(N[C@H](C)c2cccc(C(F)(F)F)c2C)c1CC1OCCO1. The summed E-state index contributed by atoms with van der Waals surface area (Å²) < 4.78 is 50.9. The quantitative estimate of drug-likeness (QED) is 0.742. The van der Waals surface area contributed by atoms with Crippen LogP contribution in [0, 0.1) is 13.8 Å². The van der Waals surface area contributed by atoms with E-state index < -0.39 is 24.1 Å². The molecule has 2 heterocycles. The third-order valence-corrected chi connectivity index (χ3v) is 4.91. The van der Waals surface area contributed by atoms with E-state index in [-0.39, 0.29) is 5.56 Å². The first-order valence-corrected chi connectivity index (χ1v) is 9.37. The highest BCUT2D eigenvalue weighted by atomic mass is 19.4. The molecule has 2 aromatic rings. The standard InChI is InChI=1S/C21H24F3N3O2/c1-5-18-16(11-19-28-9-10-29-19)20(27-14(4)26-18)25-13(3)15-7-6-8-17(12(15)2)21(22,23)24/h5-8,13,19H,1,9-11H2,2-4H3,(H,25,26,27)/t13-/m1/s1. The van der Waals surface area contributed by atoms with E-state index in [9.17, 15) is 13.2 Å². The van der Waals surface area contributed by atoms with Gasteiger partial charge >= 0.3 is 6.18 Å². The van der Waals surface area contributed by atoms with Gasteiger partial charge in [-0.3, -0.25) is 0 Å². The molecule has 0 amide bonds. The van der Waals surface area contributed by atoms with E-state index in [0.717, 1.165) is 11.6 Å². The summed E-state index contributed by atoms with van der Waals surface area (Å²) in [6.07, 6.45) is -2.77. The van der Waals surface area contributed by atoms with Gasteiger partial charge in [0.2, 0.25) is 0 Å². The van der Waals surface area contributed by atoms with Crippen LogP contribution in [0.5, 0.6) is 0 Å². The van der Waals surface area contributed by atoms with Gasteiger partial charge in [0.05, 0.1) is 30.5 Å². The molecule has 1 fully saturated rings. The molecule has 5 nitrogen and oxygen atoms in total. The molecule has 3 rings (SSSR count). The van der Waals surface area contributed by atoms with Crippen molar-refractivity contribution in [3.63, 3.8) is 0 Å². The zero-order valence-corrected chi connectivity index (χ0v) is 16.6. The normalized spacial score (nSPS) is 16.1. The fourth-order valence-corrected chi connectivity index (χ4v) is 3.51. The number of benzene rings is 1. The number of anilines is 1. The minimum absolute atomic E-state index is 0.193. The van der Waals surface area contributed by atoms with Crippen LogP contribution in [-0.4, -0.2) is 29.5 Å². The average Bonchev–Trinajstić information content (AvgIpc) is 3.15. The van der Waals surface area contributed by atoms with Crippen molar-refractivity contribution in [3.8, 4) is 0 Å². The first kappa shape index (κ1) is 21.3. The van der Waals surface area contributed by atoms with Gasteiger partial charge in [-0.2, -0.15) is 13.2 Å². The molecule has 0 spiro atoms. The van der Waals surface area contributed by atoms with Crippen molar-refractivity contribution in [2.75, 3.05) is 18.5 Å². The Labute approximate surface area is 168 Å². The van der Waals surface area contributed by atoms with Crippen molar-refractivity contribution >= 4 is 11.9 Å². The smallest absolute Gasteiger partial charge is 0.363 e. The van der Waals surface area contributed by atoms with Crippen LogP contribution in [0.3, 0.4) is 0 Å². The second kappa shape index (κ2) is 8.51. The molecule has 1 aromatic heterocycles. The predicted octanol–water partition coefficient (Wildman–Crippen LogP) is 4.84. The minimum atomic E-state index is -4.40. The Hall–Kier alpha value is -2.45. The molecule has 29 heavy (non-hydrogen) atoms. The molecule has 0 saturated carbocycles. The zero-order valence-electron chi connectivity index (χ0n) is 16.6. The molecule has 156 valence electrons. The lowest BCUT2D eigenvalue weighted by Crippen LogP contribution is -2.19. The minimum Gasteiger partial charge on any atom is -0.363 e. The molecule has 1 aliphatic rings. The van der Waals surface area contributed by atoms with Gasteiger partial charge in [-0.15, -0.1) is 0 Å². The molecule has 0 aliphatic carbocycles. The average molecular weight is 407 g/mol. The topological polar surface area (TPSA) is 56.3 Å². The molecule has 1 atom stereocenters. The molecule has 1 aliphatic heterocycles. The monoisotopic (exact) mass is 407 g/mol. The molecule has 0 unspecified atom stereocenters. The van der Waals surface area contributed by atoms with Crippen molar-refractivity contribution in [1.82, 2.24) is 9.97 Å². The van der Waals surface area contributed by atoms with E-state index in [2.05, 4.69) is 21.9 Å². The number of rotatable bonds is 6. The Kier molecular flexibility index (Phi) is 6.24. The first-order chi connectivity index (χ1) is 13.7. The third-order valence-electron chi connectivity index (χ3n) is 4.91. The molecule has 0 radical (unpaired) electrons. The van der Waals surface area contributed by atoms with Gasteiger partial charge in [-0.1, -0.05) is 18.7 Å². The predicted molar refractivity (Wildman–Crippen MR) is 104 cm³/mol. The van der Waals surface area contributed by atoms with Crippen LogP contribution in [0.4, 0.5) is 19.0 Å². The van der Waals surface area contributed by atoms with Gasteiger partial charge in [0.1, 0.15) is 11.6 Å².